The largest absolute Gasteiger partial charge is 0.452 e. The standard InChI is InChI=1S/C31H29BrN2O5/c1-2-19-16-23(32)11-15-27(19)33-28(35)18-39-31(38)21-8-12-24(13-9-21)34-29(36)25-14-10-22(17-26(25)30(34)37)20-6-4-3-5-7-20/h3-9,11-13,15-16,22,25-26H,2,10,14,17-18H2,1H3,(H,33,35)/t22-,25-,26-/m1/s1. The molecule has 3 aromatic rings. The Labute approximate surface area is 235 Å². The first-order chi connectivity index (χ1) is 18.9. The Hall–Kier alpha value is -3.78. The number of aryl methyl sites for hydroxylation is 1. The van der Waals surface area contributed by atoms with Crippen LogP contribution in [0.4, 0.5) is 11.4 Å². The Morgan fingerprint density at radius 1 is 0.949 bits per heavy atom. The summed E-state index contributed by atoms with van der Waals surface area (Å²) in [5, 5.41) is 2.77. The summed E-state index contributed by atoms with van der Waals surface area (Å²) in [6, 6.07) is 21.8. The monoisotopic (exact) mass is 588 g/mol. The summed E-state index contributed by atoms with van der Waals surface area (Å²) in [7, 11) is 0. The second-order valence-electron chi connectivity index (χ2n) is 9.97. The summed E-state index contributed by atoms with van der Waals surface area (Å²) < 4.78 is 6.11. The molecule has 2 fully saturated rings. The summed E-state index contributed by atoms with van der Waals surface area (Å²) >= 11 is 3.42. The maximum absolute atomic E-state index is 13.3. The van der Waals surface area contributed by atoms with Gasteiger partial charge in [-0.2, -0.15) is 0 Å². The molecule has 1 aliphatic carbocycles. The molecule has 3 amide bonds. The number of esters is 1. The normalized spacial score (nSPS) is 20.5. The lowest BCUT2D eigenvalue weighted by Gasteiger charge is -2.28. The maximum atomic E-state index is 13.3. The Morgan fingerprint density at radius 3 is 2.38 bits per heavy atom. The first-order valence-corrected chi connectivity index (χ1v) is 13.9. The predicted octanol–water partition coefficient (Wildman–Crippen LogP) is 5.88. The van der Waals surface area contributed by atoms with E-state index >= 15 is 0 Å². The number of halogens is 1. The van der Waals surface area contributed by atoms with E-state index in [1.807, 2.05) is 37.3 Å². The van der Waals surface area contributed by atoms with Crippen LogP contribution in [0.15, 0.2) is 77.3 Å². The van der Waals surface area contributed by atoms with E-state index in [0.29, 0.717) is 24.2 Å². The van der Waals surface area contributed by atoms with Gasteiger partial charge in [-0.3, -0.25) is 19.3 Å². The van der Waals surface area contributed by atoms with E-state index in [4.69, 9.17) is 4.74 Å². The molecule has 1 N–H and O–H groups in total. The number of carbonyl (C=O) groups excluding carboxylic acids is 4. The van der Waals surface area contributed by atoms with Crippen LogP contribution in [-0.4, -0.2) is 30.3 Å². The second-order valence-corrected chi connectivity index (χ2v) is 10.9. The molecule has 5 rings (SSSR count). The first kappa shape index (κ1) is 26.8. The summed E-state index contributed by atoms with van der Waals surface area (Å²) in [4.78, 5) is 52.6. The van der Waals surface area contributed by atoms with Gasteiger partial charge in [-0.1, -0.05) is 53.2 Å². The van der Waals surface area contributed by atoms with Gasteiger partial charge in [-0.15, -0.1) is 0 Å². The number of carbonyl (C=O) groups is 4. The summed E-state index contributed by atoms with van der Waals surface area (Å²) in [6.45, 7) is 1.55. The zero-order chi connectivity index (χ0) is 27.5. The zero-order valence-electron chi connectivity index (χ0n) is 21.6. The summed E-state index contributed by atoms with van der Waals surface area (Å²) in [5.41, 5.74) is 3.49. The van der Waals surface area contributed by atoms with Crippen molar-refractivity contribution in [2.24, 2.45) is 11.8 Å². The molecule has 7 nitrogen and oxygen atoms in total. The SMILES string of the molecule is CCc1cc(Br)ccc1NC(=O)COC(=O)c1ccc(N2C(=O)[C@@H]3CC[C@@H](c4ccccc4)C[C@H]3C2=O)cc1. The van der Waals surface area contributed by atoms with Gasteiger partial charge < -0.3 is 10.1 Å². The van der Waals surface area contributed by atoms with Crippen molar-refractivity contribution in [3.05, 3.63) is 94.0 Å². The molecule has 0 radical (unpaired) electrons. The number of nitrogens with zero attached hydrogens (tertiary/aromatic N) is 1. The third kappa shape index (κ3) is 5.66. The highest BCUT2D eigenvalue weighted by Gasteiger charge is 2.50. The van der Waals surface area contributed by atoms with Crippen molar-refractivity contribution < 1.29 is 23.9 Å². The fraction of sp³-hybridized carbons (Fsp3) is 0.290. The van der Waals surface area contributed by atoms with Crippen LogP contribution in [0.25, 0.3) is 0 Å². The van der Waals surface area contributed by atoms with Crippen LogP contribution in [0.1, 0.15) is 53.6 Å². The third-order valence-electron chi connectivity index (χ3n) is 7.61. The van der Waals surface area contributed by atoms with Gasteiger partial charge in [0.25, 0.3) is 5.91 Å². The minimum atomic E-state index is -0.665. The van der Waals surface area contributed by atoms with Gasteiger partial charge in [0.05, 0.1) is 23.1 Å². The predicted molar refractivity (Wildman–Crippen MR) is 151 cm³/mol. The molecule has 8 heteroatoms. The molecule has 0 bridgehead atoms. The lowest BCUT2D eigenvalue weighted by molar-refractivity contribution is -0.122. The number of fused-ring (bicyclic) bond motifs is 1. The van der Waals surface area contributed by atoms with Crippen molar-refractivity contribution in [3.63, 3.8) is 0 Å². The van der Waals surface area contributed by atoms with E-state index in [9.17, 15) is 19.2 Å². The van der Waals surface area contributed by atoms with Crippen LogP contribution in [-0.2, 0) is 25.5 Å². The average Bonchev–Trinajstić information content (AvgIpc) is 3.22. The Balaban J connectivity index is 1.19. The highest BCUT2D eigenvalue weighted by Crippen LogP contribution is 2.45. The minimum Gasteiger partial charge on any atom is -0.452 e. The summed E-state index contributed by atoms with van der Waals surface area (Å²) in [5.74, 6) is -1.85. The van der Waals surface area contributed by atoms with Crippen molar-refractivity contribution in [1.29, 1.82) is 0 Å². The van der Waals surface area contributed by atoms with Gasteiger partial charge in [-0.05, 0) is 85.2 Å². The molecule has 3 aromatic carbocycles. The number of hydrogen-bond donors (Lipinski definition) is 1. The number of anilines is 2. The average molecular weight is 589 g/mol. The number of nitrogens with one attached hydrogen (secondary N) is 1. The molecular weight excluding hydrogens is 560 g/mol. The quantitative estimate of drug-likeness (QED) is 0.275. The smallest absolute Gasteiger partial charge is 0.338 e. The van der Waals surface area contributed by atoms with Crippen LogP contribution in [0.5, 0.6) is 0 Å². The number of imide groups is 1. The fourth-order valence-corrected chi connectivity index (χ4v) is 5.99. The number of hydrogen-bond acceptors (Lipinski definition) is 5. The van der Waals surface area contributed by atoms with Crippen LogP contribution in [0.3, 0.4) is 0 Å². The number of ether oxygens (including phenoxy) is 1. The molecule has 39 heavy (non-hydrogen) atoms. The van der Waals surface area contributed by atoms with E-state index < -0.39 is 18.5 Å². The molecule has 1 heterocycles. The number of rotatable bonds is 7. The van der Waals surface area contributed by atoms with Gasteiger partial charge in [-0.25, -0.2) is 4.79 Å². The molecule has 1 saturated carbocycles. The molecule has 0 aromatic heterocycles. The maximum Gasteiger partial charge on any atom is 0.338 e. The Kier molecular flexibility index (Phi) is 7.93. The zero-order valence-corrected chi connectivity index (χ0v) is 23.1. The molecule has 2 aliphatic rings. The van der Waals surface area contributed by atoms with Crippen LogP contribution >= 0.6 is 15.9 Å². The van der Waals surface area contributed by atoms with E-state index in [1.165, 1.54) is 22.6 Å². The highest BCUT2D eigenvalue weighted by atomic mass is 79.9. The van der Waals surface area contributed by atoms with Crippen LogP contribution in [0.2, 0.25) is 0 Å². The van der Waals surface area contributed by atoms with Crippen molar-refractivity contribution in [2.45, 2.75) is 38.5 Å². The van der Waals surface area contributed by atoms with Gasteiger partial charge >= 0.3 is 5.97 Å². The third-order valence-corrected chi connectivity index (χ3v) is 8.11. The highest BCUT2D eigenvalue weighted by molar-refractivity contribution is 9.10. The van der Waals surface area contributed by atoms with Gasteiger partial charge in [0.2, 0.25) is 11.8 Å². The van der Waals surface area contributed by atoms with Gasteiger partial charge in [0, 0.05) is 10.2 Å². The molecule has 1 saturated heterocycles. The second kappa shape index (κ2) is 11.5. The lowest BCUT2D eigenvalue weighted by Crippen LogP contribution is -2.30. The van der Waals surface area contributed by atoms with E-state index in [1.54, 1.807) is 18.2 Å². The van der Waals surface area contributed by atoms with Crippen molar-refractivity contribution >= 4 is 51.0 Å². The van der Waals surface area contributed by atoms with Crippen LogP contribution < -0.4 is 10.2 Å². The molecule has 3 atom stereocenters. The first-order valence-electron chi connectivity index (χ1n) is 13.1. The van der Waals surface area contributed by atoms with Crippen molar-refractivity contribution in [1.82, 2.24) is 0 Å². The number of amides is 3. The van der Waals surface area contributed by atoms with Crippen molar-refractivity contribution in [3.8, 4) is 0 Å². The minimum absolute atomic E-state index is 0.178. The molecular formula is C31H29BrN2O5. The van der Waals surface area contributed by atoms with Gasteiger partial charge in [0.1, 0.15) is 0 Å². The molecule has 1 aliphatic heterocycles. The molecule has 200 valence electrons. The lowest BCUT2D eigenvalue weighted by atomic mass is 9.73. The van der Waals surface area contributed by atoms with Crippen LogP contribution in [0, 0.1) is 11.8 Å². The Bertz CT molecular complexity index is 1410. The van der Waals surface area contributed by atoms with Gasteiger partial charge in [0.15, 0.2) is 6.61 Å². The van der Waals surface area contributed by atoms with E-state index in [-0.39, 0.29) is 35.1 Å². The molecule has 0 unspecified atom stereocenters. The van der Waals surface area contributed by atoms with Crippen molar-refractivity contribution in [2.75, 3.05) is 16.8 Å². The number of benzene rings is 3. The van der Waals surface area contributed by atoms with E-state index in [0.717, 1.165) is 22.9 Å². The molecule has 0 spiro atoms. The fourth-order valence-electron chi connectivity index (χ4n) is 5.59. The topological polar surface area (TPSA) is 92.8 Å². The Morgan fingerprint density at radius 2 is 1.67 bits per heavy atom. The van der Waals surface area contributed by atoms with E-state index in [2.05, 4.69) is 33.4 Å². The summed E-state index contributed by atoms with van der Waals surface area (Å²) in [6.07, 6.45) is 2.94.